The molecule has 1 atom stereocenters. The summed E-state index contributed by atoms with van der Waals surface area (Å²) in [4.78, 5) is 10.1. The summed E-state index contributed by atoms with van der Waals surface area (Å²) in [5.74, 6) is 0.416. The highest BCUT2D eigenvalue weighted by atomic mass is 35.5. The van der Waals surface area contributed by atoms with Crippen LogP contribution in [0.3, 0.4) is 0 Å². The fraction of sp³-hybridized carbons (Fsp3) is 0.516. The molecule has 2 nitrogen and oxygen atoms in total. The van der Waals surface area contributed by atoms with E-state index < -0.39 is 0 Å². The summed E-state index contributed by atoms with van der Waals surface area (Å²) in [7, 11) is 0. The number of rotatable bonds is 13. The predicted octanol–water partition coefficient (Wildman–Crippen LogP) is 9.33. The Kier molecular flexibility index (Phi) is 16.1. The normalized spacial score (nSPS) is 12.0. The van der Waals surface area contributed by atoms with Gasteiger partial charge in [-0.3, -0.25) is 4.79 Å². The van der Waals surface area contributed by atoms with Gasteiger partial charge in [-0.15, -0.1) is 0 Å². The number of hydrogen-bond donors (Lipinski definition) is 1. The van der Waals surface area contributed by atoms with Crippen molar-refractivity contribution >= 4 is 23.1 Å². The number of aryl methyl sites for hydroxylation is 1. The Morgan fingerprint density at radius 3 is 2.26 bits per heavy atom. The third-order valence-electron chi connectivity index (χ3n) is 6.09. The van der Waals surface area contributed by atoms with Gasteiger partial charge in [0.15, 0.2) is 0 Å². The number of carbonyl (C=O) groups excluding carboxylic acids is 1. The van der Waals surface area contributed by atoms with Gasteiger partial charge in [-0.25, -0.2) is 4.39 Å². The van der Waals surface area contributed by atoms with Gasteiger partial charge in [0.25, 0.3) is 0 Å². The zero-order valence-corrected chi connectivity index (χ0v) is 23.2. The van der Waals surface area contributed by atoms with Gasteiger partial charge in [0.05, 0.1) is 0 Å². The van der Waals surface area contributed by atoms with E-state index >= 15 is 0 Å². The maximum Gasteiger partial charge on any atom is 0.216 e. The fourth-order valence-corrected chi connectivity index (χ4v) is 4.34. The number of nitrogens with one attached hydrogen (secondary N) is 1. The lowest BCUT2D eigenvalue weighted by Crippen LogP contribution is -2.19. The summed E-state index contributed by atoms with van der Waals surface area (Å²) >= 11 is 6.35. The van der Waals surface area contributed by atoms with Crippen LogP contribution in [0.25, 0.3) is 5.57 Å². The Hall–Kier alpha value is -2.13. The number of hydrogen-bond acceptors (Lipinski definition) is 1. The largest absolute Gasteiger partial charge is 0.356 e. The van der Waals surface area contributed by atoms with E-state index in [0.29, 0.717) is 5.92 Å². The molecule has 0 saturated carbocycles. The van der Waals surface area contributed by atoms with Gasteiger partial charge in [0, 0.05) is 18.5 Å². The quantitative estimate of drug-likeness (QED) is 0.272. The van der Waals surface area contributed by atoms with Crippen LogP contribution in [0.5, 0.6) is 0 Å². The van der Waals surface area contributed by atoms with Crippen LogP contribution >= 0.6 is 11.6 Å². The van der Waals surface area contributed by atoms with Crippen LogP contribution in [0.1, 0.15) is 95.8 Å². The summed E-state index contributed by atoms with van der Waals surface area (Å²) in [6, 6.07) is 13.0. The topological polar surface area (TPSA) is 29.1 Å². The molecule has 0 spiro atoms. The molecule has 0 saturated heterocycles. The minimum absolute atomic E-state index is 0.0573. The molecule has 1 unspecified atom stereocenters. The third kappa shape index (κ3) is 12.9. The van der Waals surface area contributed by atoms with Gasteiger partial charge in [0.1, 0.15) is 5.82 Å². The lowest BCUT2D eigenvalue weighted by atomic mass is 9.82. The second-order valence-corrected chi connectivity index (χ2v) is 9.70. The molecular weight excluding hydrogens is 457 g/mol. The molecule has 0 aliphatic heterocycles. The molecule has 0 radical (unpaired) electrons. The first-order valence-electron chi connectivity index (χ1n) is 13.3. The molecule has 0 aromatic heterocycles. The average molecular weight is 502 g/mol. The Balaban J connectivity index is 0.000000762. The minimum atomic E-state index is -0.182. The maximum atomic E-state index is 13.2. The van der Waals surface area contributed by atoms with E-state index in [4.69, 9.17) is 11.6 Å². The number of carbonyl (C=O) groups is 1. The summed E-state index contributed by atoms with van der Waals surface area (Å²) in [6.07, 6.45) is 12.9. The molecule has 194 valence electrons. The van der Waals surface area contributed by atoms with Crippen molar-refractivity contribution in [1.29, 1.82) is 0 Å². The molecule has 2 aromatic rings. The standard InChI is InChI=1S/C26H34ClF.C5H11NO/c1-4-6-7-8-10-22(9-5-2)25(26-19-23(27)15-11-20(26)3)18-14-21-12-16-24(28)17-13-21;1-3-4-6-5(2)7/h11-13,15-19,22H,4-10,14H2,1-3H3;3-4H2,1-2H3,(H,6,7)/b25-18-;. The third-order valence-corrected chi connectivity index (χ3v) is 6.32. The van der Waals surface area contributed by atoms with Crippen LogP contribution in [0.15, 0.2) is 48.5 Å². The number of allylic oxidation sites excluding steroid dienone is 2. The summed E-state index contributed by atoms with van der Waals surface area (Å²) in [5, 5.41) is 3.44. The maximum absolute atomic E-state index is 13.2. The van der Waals surface area contributed by atoms with Gasteiger partial charge in [-0.05, 0) is 85.1 Å². The Bertz CT molecular complexity index is 891. The van der Waals surface area contributed by atoms with Crippen LogP contribution in [0.4, 0.5) is 4.39 Å². The van der Waals surface area contributed by atoms with Crippen LogP contribution < -0.4 is 5.32 Å². The molecule has 2 aromatic carbocycles. The van der Waals surface area contributed by atoms with Crippen LogP contribution in [0.2, 0.25) is 5.02 Å². The van der Waals surface area contributed by atoms with Crippen molar-refractivity contribution in [2.45, 2.75) is 92.4 Å². The smallest absolute Gasteiger partial charge is 0.216 e. The van der Waals surface area contributed by atoms with Gasteiger partial charge < -0.3 is 5.32 Å². The van der Waals surface area contributed by atoms with Crippen LogP contribution in [-0.2, 0) is 11.2 Å². The number of unbranched alkanes of at least 4 members (excludes halogenated alkanes) is 3. The SMILES string of the molecule is CCCCCCC(CCC)/C(=C/Cc1ccc(F)cc1)c1cc(Cl)ccc1C.CCCNC(C)=O. The zero-order chi connectivity index (χ0) is 26.1. The van der Waals surface area contributed by atoms with Gasteiger partial charge in [0.2, 0.25) is 5.91 Å². The predicted molar refractivity (Wildman–Crippen MR) is 150 cm³/mol. The number of amides is 1. The van der Waals surface area contributed by atoms with Crippen molar-refractivity contribution < 1.29 is 9.18 Å². The van der Waals surface area contributed by atoms with Crippen molar-refractivity contribution in [2.24, 2.45) is 5.92 Å². The van der Waals surface area contributed by atoms with E-state index in [9.17, 15) is 9.18 Å². The first-order valence-corrected chi connectivity index (χ1v) is 13.6. The molecule has 1 N–H and O–H groups in total. The highest BCUT2D eigenvalue weighted by molar-refractivity contribution is 6.30. The highest BCUT2D eigenvalue weighted by Crippen LogP contribution is 2.35. The van der Waals surface area contributed by atoms with Gasteiger partial charge in [-0.2, -0.15) is 0 Å². The number of halogens is 2. The molecular formula is C31H45ClFNO. The molecule has 0 aliphatic rings. The van der Waals surface area contributed by atoms with E-state index in [-0.39, 0.29) is 11.7 Å². The molecule has 0 fully saturated rings. The van der Waals surface area contributed by atoms with Gasteiger partial charge in [-0.1, -0.05) is 88.8 Å². The van der Waals surface area contributed by atoms with E-state index in [1.54, 1.807) is 12.1 Å². The molecule has 2 rings (SSSR count). The Morgan fingerprint density at radius 2 is 1.69 bits per heavy atom. The van der Waals surface area contributed by atoms with Crippen molar-refractivity contribution in [2.75, 3.05) is 6.54 Å². The fourth-order valence-electron chi connectivity index (χ4n) is 4.17. The lowest BCUT2D eigenvalue weighted by Gasteiger charge is -2.23. The molecule has 35 heavy (non-hydrogen) atoms. The van der Waals surface area contributed by atoms with Crippen molar-refractivity contribution in [3.8, 4) is 0 Å². The molecule has 1 amide bonds. The first kappa shape index (κ1) is 30.9. The average Bonchev–Trinajstić information content (AvgIpc) is 2.84. The molecule has 0 aliphatic carbocycles. The monoisotopic (exact) mass is 501 g/mol. The van der Waals surface area contributed by atoms with Crippen molar-refractivity contribution in [1.82, 2.24) is 5.32 Å². The highest BCUT2D eigenvalue weighted by Gasteiger charge is 2.17. The molecule has 4 heteroatoms. The van der Waals surface area contributed by atoms with E-state index in [1.165, 1.54) is 68.6 Å². The van der Waals surface area contributed by atoms with E-state index in [2.05, 4.69) is 44.3 Å². The Labute approximate surface area is 218 Å². The van der Waals surface area contributed by atoms with Crippen LogP contribution in [0, 0.1) is 18.7 Å². The second kappa shape index (κ2) is 18.2. The summed E-state index contributed by atoms with van der Waals surface area (Å²) in [6.45, 7) is 11.0. The van der Waals surface area contributed by atoms with Crippen molar-refractivity contribution in [3.05, 3.63) is 76.1 Å². The zero-order valence-electron chi connectivity index (χ0n) is 22.4. The number of benzene rings is 2. The van der Waals surface area contributed by atoms with E-state index in [0.717, 1.165) is 30.0 Å². The second-order valence-electron chi connectivity index (χ2n) is 9.27. The van der Waals surface area contributed by atoms with E-state index in [1.807, 2.05) is 25.1 Å². The first-order chi connectivity index (χ1) is 16.8. The molecule has 0 bridgehead atoms. The Morgan fingerprint density at radius 1 is 0.971 bits per heavy atom. The summed E-state index contributed by atoms with van der Waals surface area (Å²) in [5.41, 5.74) is 5.08. The molecule has 0 heterocycles. The van der Waals surface area contributed by atoms with Crippen LogP contribution in [-0.4, -0.2) is 12.5 Å². The van der Waals surface area contributed by atoms with Gasteiger partial charge >= 0.3 is 0 Å². The summed E-state index contributed by atoms with van der Waals surface area (Å²) < 4.78 is 13.2. The minimum Gasteiger partial charge on any atom is -0.356 e. The lowest BCUT2D eigenvalue weighted by molar-refractivity contribution is -0.118. The van der Waals surface area contributed by atoms with Crippen molar-refractivity contribution in [3.63, 3.8) is 0 Å².